The summed E-state index contributed by atoms with van der Waals surface area (Å²) >= 11 is 0. The first kappa shape index (κ1) is 20.6. The lowest BCUT2D eigenvalue weighted by Gasteiger charge is -2.22. The summed E-state index contributed by atoms with van der Waals surface area (Å²) in [6, 6.07) is 21.8. The Morgan fingerprint density at radius 2 is 1.72 bits per heavy atom. The minimum absolute atomic E-state index is 0.231. The number of ether oxygens (including phenoxy) is 1. The molecule has 2 aromatic carbocycles. The highest BCUT2D eigenvalue weighted by Gasteiger charge is 2.15. The summed E-state index contributed by atoms with van der Waals surface area (Å²) in [6.07, 6.45) is 0. The Bertz CT molecular complexity index is 908. The molecule has 3 rings (SSSR count). The van der Waals surface area contributed by atoms with Gasteiger partial charge in [-0.2, -0.15) is 0 Å². The van der Waals surface area contributed by atoms with Crippen molar-refractivity contribution in [3.63, 3.8) is 0 Å². The molecule has 0 spiro atoms. The number of nitrogens with one attached hydrogen (secondary N) is 1. The zero-order valence-electron chi connectivity index (χ0n) is 16.8. The maximum Gasteiger partial charge on any atom is 0.310 e. The summed E-state index contributed by atoms with van der Waals surface area (Å²) in [6.45, 7) is 4.22. The number of hydroxylamine groups is 1. The van der Waals surface area contributed by atoms with Crippen LogP contribution in [0.15, 0.2) is 71.1 Å². The van der Waals surface area contributed by atoms with Gasteiger partial charge in [-0.1, -0.05) is 42.5 Å². The lowest BCUT2D eigenvalue weighted by molar-refractivity contribution is 0.0338. The Kier molecular flexibility index (Phi) is 7.44. The third-order valence-corrected chi connectivity index (χ3v) is 4.36. The van der Waals surface area contributed by atoms with Crippen LogP contribution in [-0.2, 0) is 24.5 Å². The molecule has 0 saturated carbocycles. The predicted octanol–water partition coefficient (Wildman–Crippen LogP) is 4.17. The molecule has 0 radical (unpaired) electrons. The van der Waals surface area contributed by atoms with Crippen molar-refractivity contribution < 1.29 is 18.8 Å². The largest absolute Gasteiger partial charge is 0.497 e. The van der Waals surface area contributed by atoms with E-state index in [4.69, 9.17) is 14.0 Å². The van der Waals surface area contributed by atoms with Crippen molar-refractivity contribution in [3.8, 4) is 5.75 Å². The van der Waals surface area contributed by atoms with Crippen molar-refractivity contribution in [2.75, 3.05) is 13.7 Å². The molecule has 1 amide bonds. The van der Waals surface area contributed by atoms with Gasteiger partial charge in [0.15, 0.2) is 5.76 Å². The van der Waals surface area contributed by atoms with Crippen LogP contribution in [0.4, 0.5) is 0 Å². The van der Waals surface area contributed by atoms with Gasteiger partial charge in [0.1, 0.15) is 11.5 Å². The fourth-order valence-corrected chi connectivity index (χ4v) is 3.03. The molecule has 1 N–H and O–H groups in total. The van der Waals surface area contributed by atoms with Gasteiger partial charge >= 0.3 is 5.91 Å². The fourth-order valence-electron chi connectivity index (χ4n) is 3.03. The lowest BCUT2D eigenvalue weighted by Crippen LogP contribution is -2.23. The van der Waals surface area contributed by atoms with E-state index in [1.54, 1.807) is 20.1 Å². The number of methoxy groups -OCH3 is 1. The summed E-state index contributed by atoms with van der Waals surface area (Å²) in [4.78, 5) is 19.2. The first-order valence-electron chi connectivity index (χ1n) is 9.58. The van der Waals surface area contributed by atoms with Gasteiger partial charge in [0.05, 0.1) is 20.3 Å². The van der Waals surface area contributed by atoms with E-state index in [1.807, 2.05) is 42.5 Å². The third-order valence-electron chi connectivity index (χ3n) is 4.36. The molecule has 6 heteroatoms. The van der Waals surface area contributed by atoms with E-state index in [1.165, 1.54) is 5.56 Å². The van der Waals surface area contributed by atoms with Gasteiger partial charge in [0.2, 0.25) is 0 Å². The Balaban J connectivity index is 1.74. The topological polar surface area (TPSA) is 63.9 Å². The van der Waals surface area contributed by atoms with Crippen LogP contribution in [0.1, 0.15) is 34.4 Å². The van der Waals surface area contributed by atoms with Gasteiger partial charge in [-0.05, 0) is 42.3 Å². The SMILES string of the molecule is CCONC(=O)c1ccc(CN(Cc2ccccc2)Cc2cccc(OC)c2)o1. The van der Waals surface area contributed by atoms with Crippen LogP contribution in [0, 0.1) is 0 Å². The van der Waals surface area contributed by atoms with Crippen molar-refractivity contribution in [2.24, 2.45) is 0 Å². The minimum atomic E-state index is -0.388. The number of amides is 1. The van der Waals surface area contributed by atoms with Crippen LogP contribution in [0.3, 0.4) is 0 Å². The van der Waals surface area contributed by atoms with E-state index < -0.39 is 0 Å². The molecule has 0 aliphatic rings. The number of rotatable bonds is 10. The number of hydrogen-bond acceptors (Lipinski definition) is 5. The van der Waals surface area contributed by atoms with Crippen LogP contribution < -0.4 is 10.2 Å². The molecule has 0 saturated heterocycles. The molecule has 29 heavy (non-hydrogen) atoms. The van der Waals surface area contributed by atoms with Crippen molar-refractivity contribution in [1.82, 2.24) is 10.4 Å². The van der Waals surface area contributed by atoms with E-state index >= 15 is 0 Å². The summed E-state index contributed by atoms with van der Waals surface area (Å²) in [5, 5.41) is 0. The van der Waals surface area contributed by atoms with Crippen molar-refractivity contribution >= 4 is 5.91 Å². The number of furan rings is 1. The Labute approximate surface area is 171 Å². The Morgan fingerprint density at radius 1 is 0.966 bits per heavy atom. The second-order valence-corrected chi connectivity index (χ2v) is 6.61. The van der Waals surface area contributed by atoms with Gasteiger partial charge < -0.3 is 9.15 Å². The van der Waals surface area contributed by atoms with Crippen LogP contribution >= 0.6 is 0 Å². The Hall–Kier alpha value is -3.09. The van der Waals surface area contributed by atoms with Crippen molar-refractivity contribution in [2.45, 2.75) is 26.6 Å². The summed E-state index contributed by atoms with van der Waals surface area (Å²) in [5.74, 6) is 1.38. The van der Waals surface area contributed by atoms with Gasteiger partial charge in [-0.3, -0.25) is 14.5 Å². The summed E-state index contributed by atoms with van der Waals surface area (Å²) in [5.41, 5.74) is 4.69. The quantitative estimate of drug-likeness (QED) is 0.523. The fraction of sp³-hybridized carbons (Fsp3) is 0.261. The predicted molar refractivity (Wildman–Crippen MR) is 110 cm³/mol. The number of carbonyl (C=O) groups is 1. The number of carbonyl (C=O) groups excluding carboxylic acids is 1. The molecule has 0 bridgehead atoms. The van der Waals surface area contributed by atoms with E-state index in [-0.39, 0.29) is 11.7 Å². The van der Waals surface area contributed by atoms with Crippen LogP contribution in [0.2, 0.25) is 0 Å². The summed E-state index contributed by atoms with van der Waals surface area (Å²) in [7, 11) is 1.67. The molecule has 0 aliphatic heterocycles. The highest BCUT2D eigenvalue weighted by molar-refractivity contribution is 5.90. The molecule has 3 aromatic rings. The zero-order chi connectivity index (χ0) is 20.5. The van der Waals surface area contributed by atoms with E-state index in [0.717, 1.165) is 17.9 Å². The second kappa shape index (κ2) is 10.5. The first-order chi connectivity index (χ1) is 14.2. The average Bonchev–Trinajstić information content (AvgIpc) is 3.21. The molecule has 1 aromatic heterocycles. The molecular formula is C23H26N2O4. The van der Waals surface area contributed by atoms with E-state index in [9.17, 15) is 4.79 Å². The maximum atomic E-state index is 12.0. The molecule has 1 heterocycles. The molecular weight excluding hydrogens is 368 g/mol. The molecule has 6 nitrogen and oxygen atoms in total. The van der Waals surface area contributed by atoms with E-state index in [0.29, 0.717) is 25.5 Å². The van der Waals surface area contributed by atoms with Gasteiger partial charge in [0.25, 0.3) is 0 Å². The van der Waals surface area contributed by atoms with Crippen molar-refractivity contribution in [1.29, 1.82) is 0 Å². The molecule has 0 atom stereocenters. The van der Waals surface area contributed by atoms with Gasteiger partial charge in [-0.15, -0.1) is 0 Å². The zero-order valence-corrected chi connectivity index (χ0v) is 16.8. The van der Waals surface area contributed by atoms with Crippen LogP contribution in [0.5, 0.6) is 5.75 Å². The standard InChI is InChI=1S/C23H26N2O4/c1-3-28-24-23(26)22-13-12-21(29-22)17-25(15-18-8-5-4-6-9-18)16-19-10-7-11-20(14-19)27-2/h4-14H,3,15-17H2,1-2H3,(H,24,26). The minimum Gasteiger partial charge on any atom is -0.497 e. The highest BCUT2D eigenvalue weighted by Crippen LogP contribution is 2.19. The highest BCUT2D eigenvalue weighted by atomic mass is 16.7. The van der Waals surface area contributed by atoms with Gasteiger partial charge in [-0.25, -0.2) is 5.48 Å². The molecule has 0 unspecified atom stereocenters. The third kappa shape index (κ3) is 6.20. The van der Waals surface area contributed by atoms with Crippen LogP contribution in [0.25, 0.3) is 0 Å². The van der Waals surface area contributed by atoms with E-state index in [2.05, 4.69) is 28.6 Å². The van der Waals surface area contributed by atoms with Crippen molar-refractivity contribution in [3.05, 3.63) is 89.4 Å². The number of hydrogen-bond donors (Lipinski definition) is 1. The van der Waals surface area contributed by atoms with Gasteiger partial charge in [0, 0.05) is 13.1 Å². The first-order valence-corrected chi connectivity index (χ1v) is 9.58. The molecule has 152 valence electrons. The lowest BCUT2D eigenvalue weighted by atomic mass is 10.1. The monoisotopic (exact) mass is 394 g/mol. The number of nitrogens with zero attached hydrogens (tertiary/aromatic N) is 1. The molecule has 0 aliphatic carbocycles. The van der Waals surface area contributed by atoms with Crippen LogP contribution in [-0.4, -0.2) is 24.5 Å². The Morgan fingerprint density at radius 3 is 2.48 bits per heavy atom. The normalized spacial score (nSPS) is 10.9. The molecule has 0 fully saturated rings. The maximum absolute atomic E-state index is 12.0. The second-order valence-electron chi connectivity index (χ2n) is 6.61. The smallest absolute Gasteiger partial charge is 0.310 e. The summed E-state index contributed by atoms with van der Waals surface area (Å²) < 4.78 is 11.1. The average molecular weight is 394 g/mol. The number of benzene rings is 2.